The minimum absolute atomic E-state index is 0.202. The van der Waals surface area contributed by atoms with Crippen LogP contribution in [0, 0.1) is 0 Å². The Morgan fingerprint density at radius 1 is 1.28 bits per heavy atom. The van der Waals surface area contributed by atoms with E-state index >= 15 is 0 Å². The van der Waals surface area contributed by atoms with Crippen molar-refractivity contribution < 1.29 is 19.4 Å². The number of halogens is 2. The molecule has 1 heterocycles. The van der Waals surface area contributed by atoms with E-state index in [1.54, 1.807) is 32.9 Å². The number of rotatable bonds is 3. The van der Waals surface area contributed by atoms with E-state index in [0.717, 1.165) is 5.56 Å². The van der Waals surface area contributed by atoms with Gasteiger partial charge < -0.3 is 9.84 Å². The Bertz CT molecular complexity index is 661. The molecule has 0 saturated carbocycles. The van der Waals surface area contributed by atoms with Gasteiger partial charge in [-0.3, -0.25) is 9.80 Å². The molecule has 1 aromatic rings. The highest BCUT2D eigenvalue weighted by atomic mass is 35.5. The first-order valence-electron chi connectivity index (χ1n) is 7.95. The smallest absolute Gasteiger partial charge is 0.411 e. The molecule has 6 nitrogen and oxygen atoms in total. The van der Waals surface area contributed by atoms with Crippen LogP contribution in [0.5, 0.6) is 0 Å². The Balaban J connectivity index is 2.08. The van der Waals surface area contributed by atoms with Crippen LogP contribution in [-0.2, 0) is 16.1 Å². The first-order valence-corrected chi connectivity index (χ1v) is 8.71. The van der Waals surface area contributed by atoms with Crippen molar-refractivity contribution in [3.63, 3.8) is 0 Å². The van der Waals surface area contributed by atoms with Gasteiger partial charge in [-0.05, 0) is 38.5 Å². The molecule has 1 aliphatic heterocycles. The van der Waals surface area contributed by atoms with Gasteiger partial charge in [-0.15, -0.1) is 0 Å². The summed E-state index contributed by atoms with van der Waals surface area (Å²) in [5.74, 6) is -1.06. The summed E-state index contributed by atoms with van der Waals surface area (Å²) in [6.45, 7) is 6.74. The van der Waals surface area contributed by atoms with Crippen molar-refractivity contribution in [3.8, 4) is 0 Å². The lowest BCUT2D eigenvalue weighted by Gasteiger charge is -2.39. The fraction of sp³-hybridized carbons (Fsp3) is 0.529. The van der Waals surface area contributed by atoms with Crippen molar-refractivity contribution in [2.45, 2.75) is 39.0 Å². The molecule has 1 aromatic carbocycles. The average Bonchev–Trinajstić information content (AvgIpc) is 2.48. The van der Waals surface area contributed by atoms with Gasteiger partial charge in [-0.25, -0.2) is 9.59 Å². The van der Waals surface area contributed by atoms with Gasteiger partial charge in [0, 0.05) is 36.2 Å². The van der Waals surface area contributed by atoms with Crippen LogP contribution in [0.3, 0.4) is 0 Å². The summed E-state index contributed by atoms with van der Waals surface area (Å²) in [5.41, 5.74) is 0.189. The molecule has 1 N–H and O–H groups in total. The quantitative estimate of drug-likeness (QED) is 0.857. The molecule has 0 spiro atoms. The molecule has 1 amide bonds. The molecule has 8 heteroatoms. The zero-order chi connectivity index (χ0) is 18.8. The first kappa shape index (κ1) is 19.8. The summed E-state index contributed by atoms with van der Waals surface area (Å²) in [7, 11) is 0. The lowest BCUT2D eigenvalue weighted by Crippen LogP contribution is -2.58. The zero-order valence-corrected chi connectivity index (χ0v) is 16.0. The Morgan fingerprint density at radius 3 is 2.52 bits per heavy atom. The van der Waals surface area contributed by atoms with Crippen LogP contribution in [0.15, 0.2) is 18.2 Å². The molecule has 0 bridgehead atoms. The molecule has 1 saturated heterocycles. The summed E-state index contributed by atoms with van der Waals surface area (Å²) >= 11 is 12.1. The molecular weight excluding hydrogens is 367 g/mol. The van der Waals surface area contributed by atoms with Crippen LogP contribution in [0.1, 0.15) is 26.3 Å². The van der Waals surface area contributed by atoms with Gasteiger partial charge in [0.15, 0.2) is 0 Å². The number of amides is 1. The second kappa shape index (κ2) is 7.81. The minimum Gasteiger partial charge on any atom is -0.480 e. The third-order valence-electron chi connectivity index (χ3n) is 3.79. The first-order chi connectivity index (χ1) is 11.6. The summed E-state index contributed by atoms with van der Waals surface area (Å²) in [6, 6.07) is 4.26. The summed E-state index contributed by atoms with van der Waals surface area (Å²) in [5, 5.41) is 10.6. The summed E-state index contributed by atoms with van der Waals surface area (Å²) < 4.78 is 5.31. The molecule has 0 aliphatic carbocycles. The van der Waals surface area contributed by atoms with E-state index in [1.807, 2.05) is 11.0 Å². The molecular formula is C17H22Cl2N2O4. The van der Waals surface area contributed by atoms with E-state index in [2.05, 4.69) is 0 Å². The van der Waals surface area contributed by atoms with E-state index in [-0.39, 0.29) is 13.1 Å². The van der Waals surface area contributed by atoms with Crippen molar-refractivity contribution in [1.82, 2.24) is 9.80 Å². The molecule has 1 aliphatic rings. The normalized spacial score (nSPS) is 18.9. The van der Waals surface area contributed by atoms with Gasteiger partial charge in [-0.1, -0.05) is 29.3 Å². The van der Waals surface area contributed by atoms with Crippen molar-refractivity contribution in [2.24, 2.45) is 0 Å². The topological polar surface area (TPSA) is 70.1 Å². The Morgan fingerprint density at radius 2 is 1.96 bits per heavy atom. The lowest BCUT2D eigenvalue weighted by atomic mass is 10.1. The van der Waals surface area contributed by atoms with E-state index in [9.17, 15) is 14.7 Å². The van der Waals surface area contributed by atoms with E-state index in [4.69, 9.17) is 27.9 Å². The molecule has 25 heavy (non-hydrogen) atoms. The van der Waals surface area contributed by atoms with Crippen LogP contribution < -0.4 is 0 Å². The summed E-state index contributed by atoms with van der Waals surface area (Å²) in [4.78, 5) is 27.1. The van der Waals surface area contributed by atoms with Gasteiger partial charge in [0.1, 0.15) is 11.6 Å². The molecule has 0 unspecified atom stereocenters. The third-order valence-corrected chi connectivity index (χ3v) is 4.37. The molecule has 1 fully saturated rings. The Hall–Kier alpha value is -1.50. The maximum atomic E-state index is 12.3. The Labute approximate surface area is 157 Å². The highest BCUT2D eigenvalue weighted by molar-refractivity contribution is 6.35. The van der Waals surface area contributed by atoms with Gasteiger partial charge >= 0.3 is 12.1 Å². The second-order valence-corrected chi connectivity index (χ2v) is 7.84. The lowest BCUT2D eigenvalue weighted by molar-refractivity contribution is -0.145. The number of nitrogens with zero attached hydrogens (tertiary/aromatic N) is 2. The van der Waals surface area contributed by atoms with E-state index < -0.39 is 23.7 Å². The number of hydrogen-bond donors (Lipinski definition) is 1. The van der Waals surface area contributed by atoms with Crippen molar-refractivity contribution in [1.29, 1.82) is 0 Å². The molecule has 1 atom stereocenters. The van der Waals surface area contributed by atoms with Crippen LogP contribution in [0.25, 0.3) is 0 Å². The number of ether oxygens (including phenoxy) is 1. The molecule has 2 rings (SSSR count). The van der Waals surface area contributed by atoms with Gasteiger partial charge in [0.25, 0.3) is 0 Å². The van der Waals surface area contributed by atoms with Crippen LogP contribution in [-0.4, -0.2) is 58.2 Å². The van der Waals surface area contributed by atoms with Gasteiger partial charge in [-0.2, -0.15) is 0 Å². The monoisotopic (exact) mass is 388 g/mol. The van der Waals surface area contributed by atoms with Crippen molar-refractivity contribution in [2.75, 3.05) is 19.6 Å². The van der Waals surface area contributed by atoms with Gasteiger partial charge in [0.05, 0.1) is 0 Å². The number of piperazine rings is 1. The molecule has 138 valence electrons. The summed E-state index contributed by atoms with van der Waals surface area (Å²) in [6.07, 6.45) is -0.607. The predicted octanol–water partition coefficient (Wildman–Crippen LogP) is 3.50. The number of aliphatic carboxylic acids is 1. The fourth-order valence-corrected chi connectivity index (χ4v) is 3.09. The Kier molecular flexibility index (Phi) is 6.19. The minimum atomic E-state index is -1.06. The zero-order valence-electron chi connectivity index (χ0n) is 14.5. The van der Waals surface area contributed by atoms with Crippen molar-refractivity contribution in [3.05, 3.63) is 33.8 Å². The highest BCUT2D eigenvalue weighted by Crippen LogP contribution is 2.24. The van der Waals surface area contributed by atoms with E-state index in [0.29, 0.717) is 23.1 Å². The average molecular weight is 389 g/mol. The number of carboxylic acids is 1. The predicted molar refractivity (Wildman–Crippen MR) is 96.1 cm³/mol. The number of carbonyl (C=O) groups is 2. The van der Waals surface area contributed by atoms with Crippen LogP contribution in [0.4, 0.5) is 4.79 Å². The second-order valence-electron chi connectivity index (χ2n) is 7.00. The molecule has 0 aromatic heterocycles. The highest BCUT2D eigenvalue weighted by Gasteiger charge is 2.37. The number of carboxylic acid groups (broad SMARTS) is 1. The maximum Gasteiger partial charge on any atom is 0.411 e. The number of carbonyl (C=O) groups excluding carboxylic acids is 1. The standard InChI is InChI=1S/C17H22Cl2N2O4/c1-17(2,3)25-16(24)21-7-6-20(10-14(21)15(22)23)9-11-4-5-12(18)8-13(11)19/h4-5,8,14H,6-7,9-10H2,1-3H3,(H,22,23)/t14-/m1/s1. The van der Waals surface area contributed by atoms with Crippen molar-refractivity contribution >= 4 is 35.3 Å². The number of benzene rings is 1. The maximum absolute atomic E-state index is 12.3. The third kappa shape index (κ3) is 5.49. The van der Waals surface area contributed by atoms with E-state index in [1.165, 1.54) is 4.90 Å². The van der Waals surface area contributed by atoms with Crippen LogP contribution in [0.2, 0.25) is 10.0 Å². The fourth-order valence-electron chi connectivity index (χ4n) is 2.62. The SMILES string of the molecule is CC(C)(C)OC(=O)N1CCN(Cc2ccc(Cl)cc2Cl)C[C@@H]1C(=O)O. The molecule has 0 radical (unpaired) electrons. The van der Waals surface area contributed by atoms with Crippen LogP contribution >= 0.6 is 23.2 Å². The van der Waals surface area contributed by atoms with Gasteiger partial charge in [0.2, 0.25) is 0 Å². The largest absolute Gasteiger partial charge is 0.480 e. The number of hydrogen-bond acceptors (Lipinski definition) is 4.